The zero-order valence-electron chi connectivity index (χ0n) is 9.51. The lowest BCUT2D eigenvalue weighted by atomic mass is 10.1. The summed E-state index contributed by atoms with van der Waals surface area (Å²) in [5.41, 5.74) is 1.13. The molecule has 0 aliphatic rings. The first-order valence-corrected chi connectivity index (χ1v) is 5.80. The monoisotopic (exact) mass is 258 g/mol. The molecule has 0 unspecified atom stereocenters. The SMILES string of the molecule is O=C(C=Cc1ccccc1O)c1cccc(Cl)c1. The maximum atomic E-state index is 11.9. The van der Waals surface area contributed by atoms with Gasteiger partial charge in [0.15, 0.2) is 5.78 Å². The Morgan fingerprint density at radius 3 is 2.61 bits per heavy atom. The summed E-state index contributed by atoms with van der Waals surface area (Å²) in [6.45, 7) is 0. The summed E-state index contributed by atoms with van der Waals surface area (Å²) in [7, 11) is 0. The van der Waals surface area contributed by atoms with E-state index in [1.165, 1.54) is 6.08 Å². The van der Waals surface area contributed by atoms with E-state index in [9.17, 15) is 9.90 Å². The Morgan fingerprint density at radius 1 is 1.11 bits per heavy atom. The van der Waals surface area contributed by atoms with Crippen LogP contribution in [-0.4, -0.2) is 10.9 Å². The Bertz CT molecular complexity index is 603. The third kappa shape index (κ3) is 2.99. The second-order valence-corrected chi connectivity index (χ2v) is 4.20. The van der Waals surface area contributed by atoms with E-state index in [0.717, 1.165) is 0 Å². The van der Waals surface area contributed by atoms with Crippen LogP contribution in [0.1, 0.15) is 15.9 Å². The van der Waals surface area contributed by atoms with Crippen LogP contribution in [0.4, 0.5) is 0 Å². The first-order valence-electron chi connectivity index (χ1n) is 5.43. The van der Waals surface area contributed by atoms with Crippen LogP contribution in [0.5, 0.6) is 5.75 Å². The fourth-order valence-electron chi connectivity index (χ4n) is 1.53. The van der Waals surface area contributed by atoms with Crippen LogP contribution in [0, 0.1) is 0 Å². The molecular weight excluding hydrogens is 248 g/mol. The molecule has 0 aromatic heterocycles. The molecule has 0 radical (unpaired) electrons. The lowest BCUT2D eigenvalue weighted by molar-refractivity contribution is 0.104. The number of ketones is 1. The minimum atomic E-state index is -0.152. The summed E-state index contributed by atoms with van der Waals surface area (Å²) in [5.74, 6) is -0.00611. The van der Waals surface area contributed by atoms with Crippen molar-refractivity contribution in [1.29, 1.82) is 0 Å². The number of carbonyl (C=O) groups excluding carboxylic acids is 1. The minimum Gasteiger partial charge on any atom is -0.507 e. The predicted octanol–water partition coefficient (Wildman–Crippen LogP) is 3.94. The number of phenolic OH excluding ortho intramolecular Hbond substituents is 1. The molecule has 0 aliphatic heterocycles. The molecule has 18 heavy (non-hydrogen) atoms. The average molecular weight is 259 g/mol. The van der Waals surface area contributed by atoms with E-state index in [-0.39, 0.29) is 11.5 Å². The molecule has 0 amide bonds. The van der Waals surface area contributed by atoms with Crippen molar-refractivity contribution >= 4 is 23.5 Å². The highest BCUT2D eigenvalue weighted by atomic mass is 35.5. The molecule has 90 valence electrons. The Hall–Kier alpha value is -2.06. The third-order valence-electron chi connectivity index (χ3n) is 2.46. The fourth-order valence-corrected chi connectivity index (χ4v) is 1.72. The van der Waals surface area contributed by atoms with Crippen molar-refractivity contribution in [3.8, 4) is 5.75 Å². The lowest BCUT2D eigenvalue weighted by Gasteiger charge is -1.98. The van der Waals surface area contributed by atoms with Crippen LogP contribution in [-0.2, 0) is 0 Å². The van der Waals surface area contributed by atoms with E-state index in [1.54, 1.807) is 54.6 Å². The molecule has 0 saturated heterocycles. The van der Waals surface area contributed by atoms with Gasteiger partial charge in [0.25, 0.3) is 0 Å². The van der Waals surface area contributed by atoms with Gasteiger partial charge in [-0.3, -0.25) is 4.79 Å². The zero-order valence-corrected chi connectivity index (χ0v) is 10.3. The highest BCUT2D eigenvalue weighted by Crippen LogP contribution is 2.18. The quantitative estimate of drug-likeness (QED) is 0.669. The molecule has 2 aromatic rings. The van der Waals surface area contributed by atoms with Crippen molar-refractivity contribution in [2.75, 3.05) is 0 Å². The van der Waals surface area contributed by atoms with Gasteiger partial charge in [-0.05, 0) is 30.4 Å². The van der Waals surface area contributed by atoms with Crippen molar-refractivity contribution in [2.45, 2.75) is 0 Å². The molecule has 0 saturated carbocycles. The molecule has 0 bridgehead atoms. The van der Waals surface area contributed by atoms with Crippen LogP contribution in [0.25, 0.3) is 6.08 Å². The Kier molecular flexibility index (Phi) is 3.80. The lowest BCUT2D eigenvalue weighted by Crippen LogP contribution is -1.93. The number of hydrogen-bond donors (Lipinski definition) is 1. The Balaban J connectivity index is 2.20. The van der Waals surface area contributed by atoms with Crippen LogP contribution < -0.4 is 0 Å². The Labute approximate surface area is 110 Å². The third-order valence-corrected chi connectivity index (χ3v) is 2.70. The van der Waals surface area contributed by atoms with Crippen LogP contribution in [0.3, 0.4) is 0 Å². The molecule has 0 spiro atoms. The average Bonchev–Trinajstić information content (AvgIpc) is 2.37. The van der Waals surface area contributed by atoms with Gasteiger partial charge in [0.1, 0.15) is 5.75 Å². The molecule has 3 heteroatoms. The maximum Gasteiger partial charge on any atom is 0.185 e. The number of para-hydroxylation sites is 1. The molecule has 2 rings (SSSR count). The van der Waals surface area contributed by atoms with Crippen molar-refractivity contribution < 1.29 is 9.90 Å². The molecule has 1 N–H and O–H groups in total. The van der Waals surface area contributed by atoms with Crippen molar-refractivity contribution in [3.05, 3.63) is 70.8 Å². The van der Waals surface area contributed by atoms with Crippen LogP contribution >= 0.6 is 11.6 Å². The molecule has 2 aromatic carbocycles. The zero-order chi connectivity index (χ0) is 13.0. The van der Waals surface area contributed by atoms with Crippen molar-refractivity contribution in [3.63, 3.8) is 0 Å². The number of allylic oxidation sites excluding steroid dienone is 1. The summed E-state index contributed by atoms with van der Waals surface area (Å²) in [6, 6.07) is 13.6. The van der Waals surface area contributed by atoms with Gasteiger partial charge in [-0.15, -0.1) is 0 Å². The van der Waals surface area contributed by atoms with Crippen molar-refractivity contribution in [2.24, 2.45) is 0 Å². The Morgan fingerprint density at radius 2 is 1.89 bits per heavy atom. The largest absolute Gasteiger partial charge is 0.507 e. The summed E-state index contributed by atoms with van der Waals surface area (Å²) < 4.78 is 0. The molecule has 0 heterocycles. The van der Waals surface area contributed by atoms with Crippen LogP contribution in [0.15, 0.2) is 54.6 Å². The number of carbonyl (C=O) groups is 1. The summed E-state index contributed by atoms with van der Waals surface area (Å²) in [4.78, 5) is 11.9. The highest BCUT2D eigenvalue weighted by molar-refractivity contribution is 6.31. The number of halogens is 1. The van der Waals surface area contributed by atoms with Gasteiger partial charge in [0.05, 0.1) is 0 Å². The molecule has 0 aliphatic carbocycles. The van der Waals surface area contributed by atoms with E-state index in [0.29, 0.717) is 16.1 Å². The van der Waals surface area contributed by atoms with Gasteiger partial charge in [-0.25, -0.2) is 0 Å². The minimum absolute atomic E-state index is 0.146. The van der Waals surface area contributed by atoms with E-state index >= 15 is 0 Å². The van der Waals surface area contributed by atoms with Gasteiger partial charge in [-0.1, -0.05) is 41.9 Å². The topological polar surface area (TPSA) is 37.3 Å². The van der Waals surface area contributed by atoms with E-state index < -0.39 is 0 Å². The van der Waals surface area contributed by atoms with Gasteiger partial charge < -0.3 is 5.11 Å². The van der Waals surface area contributed by atoms with Crippen LogP contribution in [0.2, 0.25) is 5.02 Å². The van der Waals surface area contributed by atoms with E-state index in [4.69, 9.17) is 11.6 Å². The number of phenols is 1. The first-order chi connectivity index (χ1) is 8.66. The molecule has 0 fully saturated rings. The summed E-state index contributed by atoms with van der Waals surface area (Å²) in [6.07, 6.45) is 3.00. The second-order valence-electron chi connectivity index (χ2n) is 3.77. The number of hydrogen-bond acceptors (Lipinski definition) is 2. The van der Waals surface area contributed by atoms with Gasteiger partial charge in [0.2, 0.25) is 0 Å². The summed E-state index contributed by atoms with van der Waals surface area (Å²) >= 11 is 5.81. The number of benzene rings is 2. The number of aromatic hydroxyl groups is 1. The normalized spacial score (nSPS) is 10.7. The standard InChI is InChI=1S/C15H11ClO2/c16-13-6-3-5-12(10-13)15(18)9-8-11-4-1-2-7-14(11)17/h1-10,17H. The van der Waals surface area contributed by atoms with Gasteiger partial charge in [-0.2, -0.15) is 0 Å². The summed E-state index contributed by atoms with van der Waals surface area (Å²) in [5, 5.41) is 10.1. The van der Waals surface area contributed by atoms with E-state index in [2.05, 4.69) is 0 Å². The van der Waals surface area contributed by atoms with E-state index in [1.807, 2.05) is 0 Å². The second kappa shape index (κ2) is 5.52. The first kappa shape index (κ1) is 12.4. The molecular formula is C15H11ClO2. The van der Waals surface area contributed by atoms with Gasteiger partial charge >= 0.3 is 0 Å². The molecule has 0 atom stereocenters. The fraction of sp³-hybridized carbons (Fsp3) is 0. The predicted molar refractivity (Wildman–Crippen MR) is 72.9 cm³/mol. The maximum absolute atomic E-state index is 11.9. The number of rotatable bonds is 3. The smallest absolute Gasteiger partial charge is 0.185 e. The van der Waals surface area contributed by atoms with Gasteiger partial charge in [0, 0.05) is 16.1 Å². The molecule has 2 nitrogen and oxygen atoms in total. The highest BCUT2D eigenvalue weighted by Gasteiger charge is 2.02. The van der Waals surface area contributed by atoms with Crippen molar-refractivity contribution in [1.82, 2.24) is 0 Å².